The molecule has 1 aliphatic rings. The van der Waals surface area contributed by atoms with Crippen molar-refractivity contribution < 1.29 is 14.7 Å². The molecule has 2 amide bonds. The van der Waals surface area contributed by atoms with Crippen molar-refractivity contribution >= 4 is 34.9 Å². The van der Waals surface area contributed by atoms with Gasteiger partial charge in [0.2, 0.25) is 11.8 Å². The SMILES string of the molecule is CC(=O)N1CCN(c2ccc(NC(=O)Cc3ccc(O)c(Cl)c3)nc2)CC1. The number of carbonyl (C=O) groups is 2. The molecule has 8 heteroatoms. The van der Waals surface area contributed by atoms with Crippen LogP contribution in [0.4, 0.5) is 11.5 Å². The fourth-order valence-corrected chi connectivity index (χ4v) is 3.16. The number of aromatic hydroxyl groups is 1. The number of carbonyl (C=O) groups excluding carboxylic acids is 2. The third-order valence-electron chi connectivity index (χ3n) is 4.48. The zero-order valence-corrected chi connectivity index (χ0v) is 15.7. The molecule has 0 aliphatic carbocycles. The van der Waals surface area contributed by atoms with E-state index in [0.717, 1.165) is 18.8 Å². The first-order valence-electron chi connectivity index (χ1n) is 8.66. The number of halogens is 1. The van der Waals surface area contributed by atoms with E-state index in [1.54, 1.807) is 31.3 Å². The predicted molar refractivity (Wildman–Crippen MR) is 104 cm³/mol. The molecule has 7 nitrogen and oxygen atoms in total. The Morgan fingerprint density at radius 2 is 1.93 bits per heavy atom. The molecule has 1 aliphatic heterocycles. The molecule has 142 valence electrons. The first kappa shape index (κ1) is 19.0. The predicted octanol–water partition coefficient (Wildman–Crippen LogP) is 2.29. The normalized spacial score (nSPS) is 14.1. The van der Waals surface area contributed by atoms with E-state index in [-0.39, 0.29) is 29.0 Å². The van der Waals surface area contributed by atoms with Crippen LogP contribution in [-0.4, -0.2) is 53.0 Å². The largest absolute Gasteiger partial charge is 0.506 e. The van der Waals surface area contributed by atoms with Gasteiger partial charge in [0.05, 0.1) is 23.3 Å². The smallest absolute Gasteiger partial charge is 0.229 e. The van der Waals surface area contributed by atoms with Crippen molar-refractivity contribution in [1.82, 2.24) is 9.88 Å². The van der Waals surface area contributed by atoms with Crippen LogP contribution < -0.4 is 10.2 Å². The van der Waals surface area contributed by atoms with E-state index in [1.807, 2.05) is 11.0 Å². The summed E-state index contributed by atoms with van der Waals surface area (Å²) in [6, 6.07) is 8.34. The van der Waals surface area contributed by atoms with Crippen LogP contribution in [0.3, 0.4) is 0 Å². The van der Waals surface area contributed by atoms with Crippen LogP contribution >= 0.6 is 11.6 Å². The Hall–Kier alpha value is -2.80. The number of piperazine rings is 1. The average molecular weight is 389 g/mol. The zero-order valence-electron chi connectivity index (χ0n) is 15.0. The lowest BCUT2D eigenvalue weighted by molar-refractivity contribution is -0.129. The van der Waals surface area contributed by atoms with Gasteiger partial charge < -0.3 is 20.2 Å². The summed E-state index contributed by atoms with van der Waals surface area (Å²) in [5, 5.41) is 12.4. The van der Waals surface area contributed by atoms with Crippen LogP contribution in [0.25, 0.3) is 0 Å². The monoisotopic (exact) mass is 388 g/mol. The van der Waals surface area contributed by atoms with E-state index in [2.05, 4.69) is 15.2 Å². The summed E-state index contributed by atoms with van der Waals surface area (Å²) in [4.78, 5) is 31.8. The molecular weight excluding hydrogens is 368 g/mol. The molecule has 1 aromatic heterocycles. The molecule has 3 rings (SSSR count). The van der Waals surface area contributed by atoms with E-state index in [0.29, 0.717) is 24.5 Å². The highest BCUT2D eigenvalue weighted by atomic mass is 35.5. The fraction of sp³-hybridized carbons (Fsp3) is 0.316. The number of nitrogens with zero attached hydrogens (tertiary/aromatic N) is 3. The number of benzene rings is 1. The Labute approximate surface area is 162 Å². The maximum Gasteiger partial charge on any atom is 0.229 e. The van der Waals surface area contributed by atoms with Gasteiger partial charge in [-0.25, -0.2) is 4.98 Å². The van der Waals surface area contributed by atoms with Crippen LogP contribution in [0.1, 0.15) is 12.5 Å². The molecular formula is C19H21ClN4O3. The van der Waals surface area contributed by atoms with Gasteiger partial charge in [0.15, 0.2) is 0 Å². The van der Waals surface area contributed by atoms with E-state index < -0.39 is 0 Å². The number of anilines is 2. The van der Waals surface area contributed by atoms with Gasteiger partial charge in [-0.05, 0) is 29.8 Å². The molecule has 2 aromatic rings. The summed E-state index contributed by atoms with van der Waals surface area (Å²) in [6.45, 7) is 4.50. The second kappa shape index (κ2) is 8.26. The van der Waals surface area contributed by atoms with E-state index in [4.69, 9.17) is 11.6 Å². The quantitative estimate of drug-likeness (QED) is 0.839. The first-order chi connectivity index (χ1) is 12.9. The molecule has 1 fully saturated rings. The van der Waals surface area contributed by atoms with Gasteiger partial charge in [-0.3, -0.25) is 9.59 Å². The summed E-state index contributed by atoms with van der Waals surface area (Å²) in [6.07, 6.45) is 1.85. The lowest BCUT2D eigenvalue weighted by Gasteiger charge is -2.35. The topological polar surface area (TPSA) is 85.8 Å². The lowest BCUT2D eigenvalue weighted by atomic mass is 10.1. The second-order valence-corrected chi connectivity index (χ2v) is 6.81. The number of pyridine rings is 1. The first-order valence-corrected chi connectivity index (χ1v) is 9.04. The number of phenols is 1. The molecule has 2 N–H and O–H groups in total. The Kier molecular flexibility index (Phi) is 5.81. The van der Waals surface area contributed by atoms with Gasteiger partial charge >= 0.3 is 0 Å². The van der Waals surface area contributed by atoms with Crippen LogP contribution in [0.2, 0.25) is 5.02 Å². The minimum atomic E-state index is -0.216. The number of hydrogen-bond acceptors (Lipinski definition) is 5. The second-order valence-electron chi connectivity index (χ2n) is 6.41. The molecule has 1 aromatic carbocycles. The summed E-state index contributed by atoms with van der Waals surface area (Å²) >= 11 is 5.85. The number of rotatable bonds is 4. The molecule has 0 radical (unpaired) electrons. The van der Waals surface area contributed by atoms with Gasteiger partial charge in [0.25, 0.3) is 0 Å². The summed E-state index contributed by atoms with van der Waals surface area (Å²) in [5.74, 6) is 0.339. The number of phenolic OH excluding ortho intramolecular Hbond substituents is 1. The van der Waals surface area contributed by atoms with Crippen molar-refractivity contribution in [1.29, 1.82) is 0 Å². The van der Waals surface area contributed by atoms with Crippen LogP contribution in [0.5, 0.6) is 5.75 Å². The molecule has 0 saturated carbocycles. The van der Waals surface area contributed by atoms with E-state index in [1.165, 1.54) is 6.07 Å². The van der Waals surface area contributed by atoms with Crippen LogP contribution in [0.15, 0.2) is 36.5 Å². The molecule has 0 unspecified atom stereocenters. The summed E-state index contributed by atoms with van der Waals surface area (Å²) < 4.78 is 0. The minimum Gasteiger partial charge on any atom is -0.506 e. The fourth-order valence-electron chi connectivity index (χ4n) is 2.96. The van der Waals surface area contributed by atoms with Gasteiger partial charge in [-0.2, -0.15) is 0 Å². The van der Waals surface area contributed by atoms with Gasteiger partial charge in [-0.1, -0.05) is 17.7 Å². The van der Waals surface area contributed by atoms with Gasteiger partial charge in [0, 0.05) is 33.1 Å². The third kappa shape index (κ3) is 4.89. The standard InChI is InChI=1S/C19H21ClN4O3/c1-13(25)23-6-8-24(9-7-23)15-3-5-18(21-12-15)22-19(27)11-14-2-4-17(26)16(20)10-14/h2-5,10,12,26H,6-9,11H2,1H3,(H,21,22,27). The Balaban J connectivity index is 1.55. The maximum atomic E-state index is 12.2. The molecule has 2 heterocycles. The molecule has 0 atom stereocenters. The molecule has 27 heavy (non-hydrogen) atoms. The van der Waals surface area contributed by atoms with Crippen molar-refractivity contribution in [3.63, 3.8) is 0 Å². The van der Waals surface area contributed by atoms with Gasteiger partial charge in [0.1, 0.15) is 11.6 Å². The minimum absolute atomic E-state index is 0.0118. The number of hydrogen-bond donors (Lipinski definition) is 2. The average Bonchev–Trinajstić information content (AvgIpc) is 2.65. The van der Waals surface area contributed by atoms with Crippen LogP contribution in [0, 0.1) is 0 Å². The third-order valence-corrected chi connectivity index (χ3v) is 4.79. The summed E-state index contributed by atoms with van der Waals surface area (Å²) in [5.41, 5.74) is 1.66. The maximum absolute atomic E-state index is 12.2. The highest BCUT2D eigenvalue weighted by Gasteiger charge is 2.19. The van der Waals surface area contributed by atoms with Gasteiger partial charge in [-0.15, -0.1) is 0 Å². The van der Waals surface area contributed by atoms with Crippen molar-refractivity contribution in [2.24, 2.45) is 0 Å². The van der Waals surface area contributed by atoms with Crippen molar-refractivity contribution in [3.8, 4) is 5.75 Å². The van der Waals surface area contributed by atoms with E-state index >= 15 is 0 Å². The summed E-state index contributed by atoms with van der Waals surface area (Å²) in [7, 11) is 0. The highest BCUT2D eigenvalue weighted by molar-refractivity contribution is 6.32. The van der Waals surface area contributed by atoms with Crippen LogP contribution in [-0.2, 0) is 16.0 Å². The zero-order chi connectivity index (χ0) is 19.4. The van der Waals surface area contributed by atoms with Crippen molar-refractivity contribution in [2.75, 3.05) is 36.4 Å². The van der Waals surface area contributed by atoms with Crippen molar-refractivity contribution in [3.05, 3.63) is 47.1 Å². The highest BCUT2D eigenvalue weighted by Crippen LogP contribution is 2.24. The number of amides is 2. The lowest BCUT2D eigenvalue weighted by Crippen LogP contribution is -2.48. The molecule has 1 saturated heterocycles. The molecule has 0 bridgehead atoms. The Morgan fingerprint density at radius 3 is 2.52 bits per heavy atom. The molecule has 0 spiro atoms. The number of nitrogens with one attached hydrogen (secondary N) is 1. The Bertz CT molecular complexity index is 833. The number of aromatic nitrogens is 1. The van der Waals surface area contributed by atoms with E-state index in [9.17, 15) is 14.7 Å². The van der Waals surface area contributed by atoms with Crippen molar-refractivity contribution in [2.45, 2.75) is 13.3 Å². The Morgan fingerprint density at radius 1 is 1.19 bits per heavy atom.